The topological polar surface area (TPSA) is 89.1 Å². The van der Waals surface area contributed by atoms with Crippen molar-refractivity contribution in [3.8, 4) is 11.5 Å². The Morgan fingerprint density at radius 2 is 1.97 bits per heavy atom. The Hall–Kier alpha value is -3.52. The number of nitrogens with one attached hydrogen (secondary N) is 1. The van der Waals surface area contributed by atoms with Gasteiger partial charge in [0.15, 0.2) is 0 Å². The molecule has 1 aromatic heterocycles. The Bertz CT molecular complexity index is 1330. The number of nitrogens with zero attached hydrogens (tertiary/aromatic N) is 3. The summed E-state index contributed by atoms with van der Waals surface area (Å²) in [6, 6.07) is 12.3. The lowest BCUT2D eigenvalue weighted by Gasteiger charge is -2.53. The van der Waals surface area contributed by atoms with Crippen molar-refractivity contribution >= 4 is 22.7 Å². The van der Waals surface area contributed by atoms with Gasteiger partial charge >= 0.3 is 0 Å². The third-order valence-corrected chi connectivity index (χ3v) is 7.89. The molecule has 0 spiro atoms. The second-order valence-electron chi connectivity index (χ2n) is 10.1. The summed E-state index contributed by atoms with van der Waals surface area (Å²) in [6.07, 6.45) is 1.60. The lowest BCUT2D eigenvalue weighted by atomic mass is 9.78. The first-order chi connectivity index (χ1) is 16.9. The van der Waals surface area contributed by atoms with Crippen LogP contribution in [-0.2, 0) is 16.0 Å². The monoisotopic (exact) mass is 474 g/mol. The number of aromatic hydroxyl groups is 1. The number of piperazine rings is 1. The third-order valence-electron chi connectivity index (χ3n) is 7.89. The highest BCUT2D eigenvalue weighted by molar-refractivity contribution is 6.00. The Morgan fingerprint density at radius 3 is 2.69 bits per heavy atom. The molecule has 2 fully saturated rings. The van der Waals surface area contributed by atoms with Crippen LogP contribution >= 0.6 is 0 Å². The highest BCUT2D eigenvalue weighted by Crippen LogP contribution is 2.47. The first kappa shape index (κ1) is 22.0. The lowest BCUT2D eigenvalue weighted by molar-refractivity contribution is -0.167. The Labute approximate surface area is 204 Å². The largest absolute Gasteiger partial charge is 0.508 e. The summed E-state index contributed by atoms with van der Waals surface area (Å²) in [5, 5.41) is 11.3. The number of carbonyl (C=O) groups is 2. The van der Waals surface area contributed by atoms with Gasteiger partial charge in [-0.25, -0.2) is 0 Å². The molecule has 0 aliphatic carbocycles. The van der Waals surface area contributed by atoms with Gasteiger partial charge < -0.3 is 29.5 Å². The van der Waals surface area contributed by atoms with Gasteiger partial charge in [-0.15, -0.1) is 0 Å². The molecule has 182 valence electrons. The number of phenolic OH excluding ortho intramolecular Hbond substituents is 1. The van der Waals surface area contributed by atoms with Crippen LogP contribution in [0.4, 0.5) is 0 Å². The van der Waals surface area contributed by atoms with E-state index in [1.807, 2.05) is 31.2 Å². The minimum atomic E-state index is -1.04. The van der Waals surface area contributed by atoms with E-state index >= 15 is 0 Å². The van der Waals surface area contributed by atoms with E-state index < -0.39 is 11.6 Å². The van der Waals surface area contributed by atoms with Crippen molar-refractivity contribution in [2.24, 2.45) is 0 Å². The molecule has 2 amide bonds. The summed E-state index contributed by atoms with van der Waals surface area (Å²) in [6.45, 7) is 5.42. The highest BCUT2D eigenvalue weighted by atomic mass is 16.5. The van der Waals surface area contributed by atoms with E-state index in [0.717, 1.165) is 53.1 Å². The molecule has 2 aromatic carbocycles. The van der Waals surface area contributed by atoms with Crippen LogP contribution < -0.4 is 4.74 Å². The molecule has 4 heterocycles. The third kappa shape index (κ3) is 3.38. The summed E-state index contributed by atoms with van der Waals surface area (Å²) < 4.78 is 5.48. The Balaban J connectivity index is 1.49. The molecule has 3 aliphatic rings. The van der Waals surface area contributed by atoms with Crippen molar-refractivity contribution in [3.63, 3.8) is 0 Å². The van der Waals surface area contributed by atoms with Gasteiger partial charge in [0.25, 0.3) is 0 Å². The second-order valence-corrected chi connectivity index (χ2v) is 10.1. The van der Waals surface area contributed by atoms with Gasteiger partial charge in [0, 0.05) is 36.1 Å². The van der Waals surface area contributed by atoms with Crippen LogP contribution in [0.25, 0.3) is 10.9 Å². The van der Waals surface area contributed by atoms with Crippen molar-refractivity contribution in [3.05, 3.63) is 59.3 Å². The molecular weight excluding hydrogens is 444 g/mol. The highest BCUT2D eigenvalue weighted by Gasteiger charge is 2.56. The molecule has 2 atom stereocenters. The molecule has 8 nitrogen and oxygen atoms in total. The molecular formula is C27H30N4O4. The van der Waals surface area contributed by atoms with E-state index in [-0.39, 0.29) is 24.1 Å². The summed E-state index contributed by atoms with van der Waals surface area (Å²) in [7, 11) is 1.64. The fourth-order valence-corrected chi connectivity index (χ4v) is 5.95. The van der Waals surface area contributed by atoms with Gasteiger partial charge in [-0.3, -0.25) is 9.59 Å². The van der Waals surface area contributed by atoms with E-state index in [2.05, 4.69) is 9.88 Å². The second kappa shape index (κ2) is 8.02. The molecule has 0 radical (unpaired) electrons. The summed E-state index contributed by atoms with van der Waals surface area (Å²) >= 11 is 0. The lowest BCUT2D eigenvalue weighted by Crippen LogP contribution is -2.70. The van der Waals surface area contributed by atoms with E-state index in [1.165, 1.54) is 6.42 Å². The average molecular weight is 475 g/mol. The molecule has 6 rings (SSSR count). The molecule has 0 unspecified atom stereocenters. The number of rotatable bonds is 5. The first-order valence-corrected chi connectivity index (χ1v) is 12.2. The van der Waals surface area contributed by atoms with Crippen LogP contribution in [0.1, 0.15) is 36.2 Å². The number of phenols is 1. The Kier molecular flexibility index (Phi) is 5.03. The number of fused-ring (bicyclic) bond motifs is 4. The standard InChI is InChI=1S/C27H30N4O4/c1-27-15-21-20-14-19(35-2)7-8-22(20)28-24(21)25(17-5-3-6-18(32)13-17)31(27)23(33)16-30(26(27)34)12-11-29-9-4-10-29/h3,5-8,13-14,25,28,32H,4,9-12,15-16H2,1-2H3/t25-,27+/m1/s1. The van der Waals surface area contributed by atoms with Crippen molar-refractivity contribution in [1.82, 2.24) is 19.7 Å². The Morgan fingerprint density at radius 1 is 1.14 bits per heavy atom. The predicted molar refractivity (Wildman–Crippen MR) is 131 cm³/mol. The number of ether oxygens (including phenoxy) is 1. The number of carbonyl (C=O) groups excluding carboxylic acids is 2. The summed E-state index contributed by atoms with van der Waals surface area (Å²) in [5.74, 6) is 0.765. The normalized spacial score (nSPS) is 24.3. The summed E-state index contributed by atoms with van der Waals surface area (Å²) in [4.78, 5) is 37.1. The van der Waals surface area contributed by atoms with Crippen molar-refractivity contribution in [1.29, 1.82) is 0 Å². The number of aromatic nitrogens is 1. The number of hydrogen-bond acceptors (Lipinski definition) is 5. The van der Waals surface area contributed by atoms with Crippen LogP contribution in [0.5, 0.6) is 11.5 Å². The van der Waals surface area contributed by atoms with Crippen molar-refractivity contribution < 1.29 is 19.4 Å². The quantitative estimate of drug-likeness (QED) is 0.594. The molecule has 0 bridgehead atoms. The number of benzene rings is 2. The van der Waals surface area contributed by atoms with E-state index in [4.69, 9.17) is 4.74 Å². The van der Waals surface area contributed by atoms with Gasteiger partial charge in [0.2, 0.25) is 11.8 Å². The van der Waals surface area contributed by atoms with Gasteiger partial charge in [-0.05, 0) is 67.9 Å². The maximum absolute atomic E-state index is 14.0. The zero-order valence-corrected chi connectivity index (χ0v) is 20.1. The fraction of sp³-hybridized carbons (Fsp3) is 0.407. The predicted octanol–water partition coefficient (Wildman–Crippen LogP) is 2.66. The molecule has 0 saturated carbocycles. The number of aromatic amines is 1. The van der Waals surface area contributed by atoms with E-state index in [1.54, 1.807) is 35.1 Å². The maximum Gasteiger partial charge on any atom is 0.249 e. The maximum atomic E-state index is 14.0. The molecule has 8 heteroatoms. The molecule has 3 aromatic rings. The van der Waals surface area contributed by atoms with Crippen LogP contribution in [-0.4, -0.2) is 82.0 Å². The molecule has 3 aliphatic heterocycles. The van der Waals surface area contributed by atoms with Crippen LogP contribution in [0.3, 0.4) is 0 Å². The van der Waals surface area contributed by atoms with Crippen LogP contribution in [0.2, 0.25) is 0 Å². The molecule has 2 N–H and O–H groups in total. The number of hydrogen-bond donors (Lipinski definition) is 2. The number of amides is 2. The average Bonchev–Trinajstić information content (AvgIpc) is 3.17. The van der Waals surface area contributed by atoms with Gasteiger partial charge in [0.05, 0.1) is 19.7 Å². The zero-order chi connectivity index (χ0) is 24.3. The SMILES string of the molecule is COc1ccc2[nH]c3c(c2c1)C[C@@]1(C)C(=O)N(CCN2CCC2)CC(=O)N1[C@@H]3c1cccc(O)c1. The zero-order valence-electron chi connectivity index (χ0n) is 20.1. The van der Waals surface area contributed by atoms with Crippen LogP contribution in [0, 0.1) is 0 Å². The van der Waals surface area contributed by atoms with Crippen LogP contribution in [0.15, 0.2) is 42.5 Å². The number of likely N-dealkylation sites (tertiary alicyclic amines) is 1. The first-order valence-electron chi connectivity index (χ1n) is 12.2. The minimum absolute atomic E-state index is 0.0225. The number of methoxy groups -OCH3 is 1. The number of H-pyrrole nitrogens is 1. The van der Waals surface area contributed by atoms with Crippen molar-refractivity contribution in [2.45, 2.75) is 31.3 Å². The molecule has 35 heavy (non-hydrogen) atoms. The van der Waals surface area contributed by atoms with Gasteiger partial charge in [-0.1, -0.05) is 12.1 Å². The smallest absolute Gasteiger partial charge is 0.249 e. The van der Waals surface area contributed by atoms with Gasteiger partial charge in [0.1, 0.15) is 17.0 Å². The fourth-order valence-electron chi connectivity index (χ4n) is 5.95. The van der Waals surface area contributed by atoms with E-state index in [0.29, 0.717) is 13.0 Å². The summed E-state index contributed by atoms with van der Waals surface area (Å²) in [5.41, 5.74) is 2.55. The van der Waals surface area contributed by atoms with Crippen molar-refractivity contribution in [2.75, 3.05) is 39.8 Å². The minimum Gasteiger partial charge on any atom is -0.508 e. The van der Waals surface area contributed by atoms with E-state index in [9.17, 15) is 14.7 Å². The van der Waals surface area contributed by atoms with Gasteiger partial charge in [-0.2, -0.15) is 0 Å². The molecule has 2 saturated heterocycles.